The van der Waals surface area contributed by atoms with Crippen molar-refractivity contribution in [1.29, 1.82) is 0 Å². The lowest BCUT2D eigenvalue weighted by Crippen LogP contribution is -1.99. The summed E-state index contributed by atoms with van der Waals surface area (Å²) in [7, 11) is 0. The van der Waals surface area contributed by atoms with E-state index >= 15 is 0 Å². The van der Waals surface area contributed by atoms with E-state index in [4.69, 9.17) is 16.3 Å². The van der Waals surface area contributed by atoms with Crippen LogP contribution in [-0.2, 0) is 0 Å². The minimum atomic E-state index is 0.367. The van der Waals surface area contributed by atoms with Crippen LogP contribution in [0.2, 0.25) is 5.15 Å². The van der Waals surface area contributed by atoms with Crippen LogP contribution in [0, 0.1) is 0 Å². The van der Waals surface area contributed by atoms with E-state index in [2.05, 4.69) is 18.9 Å². The van der Waals surface area contributed by atoms with Crippen LogP contribution in [0.15, 0.2) is 30.3 Å². The SMILES string of the molecule is CCOc1ccc(-n2nc(C(C)C)cc2Cl)cc1. The van der Waals surface area contributed by atoms with Gasteiger partial charge in [-0.3, -0.25) is 0 Å². The number of hydrogen-bond acceptors (Lipinski definition) is 2. The van der Waals surface area contributed by atoms with Gasteiger partial charge in [-0.2, -0.15) is 5.10 Å². The summed E-state index contributed by atoms with van der Waals surface area (Å²) in [6.45, 7) is 6.83. The van der Waals surface area contributed by atoms with Gasteiger partial charge in [0.25, 0.3) is 0 Å². The summed E-state index contributed by atoms with van der Waals surface area (Å²) >= 11 is 6.19. The Kier molecular flexibility index (Phi) is 3.92. The molecule has 0 aliphatic carbocycles. The molecule has 0 fully saturated rings. The average molecular weight is 265 g/mol. The standard InChI is InChI=1S/C14H17ClN2O/c1-4-18-12-7-5-11(6-8-12)17-14(15)9-13(16-17)10(2)3/h5-10H,4H2,1-3H3. The summed E-state index contributed by atoms with van der Waals surface area (Å²) in [6.07, 6.45) is 0. The van der Waals surface area contributed by atoms with Gasteiger partial charge in [-0.15, -0.1) is 0 Å². The molecule has 0 saturated carbocycles. The van der Waals surface area contributed by atoms with Crippen LogP contribution >= 0.6 is 11.6 Å². The molecule has 0 unspecified atom stereocenters. The highest BCUT2D eigenvalue weighted by Gasteiger charge is 2.10. The summed E-state index contributed by atoms with van der Waals surface area (Å²) in [5.41, 5.74) is 1.93. The van der Waals surface area contributed by atoms with Crippen LogP contribution in [0.1, 0.15) is 32.4 Å². The number of aromatic nitrogens is 2. The quantitative estimate of drug-likeness (QED) is 0.833. The normalized spacial score (nSPS) is 10.9. The van der Waals surface area contributed by atoms with Crippen molar-refractivity contribution in [3.05, 3.63) is 41.2 Å². The molecule has 3 nitrogen and oxygen atoms in total. The molecule has 2 rings (SSSR count). The van der Waals surface area contributed by atoms with E-state index in [1.54, 1.807) is 4.68 Å². The summed E-state index contributed by atoms with van der Waals surface area (Å²) in [5.74, 6) is 1.22. The molecule has 0 aliphatic heterocycles. The van der Waals surface area contributed by atoms with E-state index in [9.17, 15) is 0 Å². The van der Waals surface area contributed by atoms with E-state index < -0.39 is 0 Å². The molecule has 0 atom stereocenters. The second-order valence-electron chi connectivity index (χ2n) is 4.39. The zero-order chi connectivity index (χ0) is 13.1. The van der Waals surface area contributed by atoms with Gasteiger partial charge in [-0.25, -0.2) is 4.68 Å². The van der Waals surface area contributed by atoms with Crippen LogP contribution < -0.4 is 4.74 Å². The Morgan fingerprint density at radius 1 is 1.28 bits per heavy atom. The maximum Gasteiger partial charge on any atom is 0.133 e. The highest BCUT2D eigenvalue weighted by atomic mass is 35.5. The fourth-order valence-electron chi connectivity index (χ4n) is 1.69. The summed E-state index contributed by atoms with van der Waals surface area (Å²) in [6, 6.07) is 9.66. The molecule has 1 aromatic carbocycles. The zero-order valence-electron chi connectivity index (χ0n) is 10.9. The Bertz CT molecular complexity index is 517. The van der Waals surface area contributed by atoms with Crippen LogP contribution in [0.4, 0.5) is 0 Å². The molecule has 4 heteroatoms. The lowest BCUT2D eigenvalue weighted by Gasteiger charge is -2.06. The minimum absolute atomic E-state index is 0.367. The molecule has 2 aromatic rings. The van der Waals surface area contributed by atoms with Gasteiger partial charge >= 0.3 is 0 Å². The lowest BCUT2D eigenvalue weighted by atomic mass is 10.1. The maximum atomic E-state index is 6.19. The number of nitrogens with zero attached hydrogens (tertiary/aromatic N) is 2. The summed E-state index contributed by atoms with van der Waals surface area (Å²) < 4.78 is 7.15. The maximum absolute atomic E-state index is 6.19. The van der Waals surface area contributed by atoms with Crippen molar-refractivity contribution in [1.82, 2.24) is 9.78 Å². The van der Waals surface area contributed by atoms with E-state index in [0.29, 0.717) is 17.7 Å². The van der Waals surface area contributed by atoms with Gasteiger partial charge in [0, 0.05) is 0 Å². The molecule has 0 spiro atoms. The summed E-state index contributed by atoms with van der Waals surface area (Å²) in [5, 5.41) is 5.13. The number of halogens is 1. The molecule has 0 amide bonds. The number of benzene rings is 1. The number of hydrogen-bond donors (Lipinski definition) is 0. The zero-order valence-corrected chi connectivity index (χ0v) is 11.6. The van der Waals surface area contributed by atoms with Gasteiger partial charge in [0.15, 0.2) is 0 Å². The van der Waals surface area contributed by atoms with Crippen molar-refractivity contribution >= 4 is 11.6 Å². The third-order valence-corrected chi connectivity index (χ3v) is 2.94. The first-order valence-corrected chi connectivity index (χ1v) is 6.48. The molecule has 1 heterocycles. The molecular formula is C14H17ClN2O. The van der Waals surface area contributed by atoms with E-state index in [-0.39, 0.29) is 0 Å². The molecule has 0 saturated heterocycles. The van der Waals surface area contributed by atoms with Crippen molar-refractivity contribution in [2.75, 3.05) is 6.61 Å². The van der Waals surface area contributed by atoms with Crippen LogP contribution in [0.25, 0.3) is 5.69 Å². The Balaban J connectivity index is 2.30. The highest BCUT2D eigenvalue weighted by Crippen LogP contribution is 2.23. The van der Waals surface area contributed by atoms with Gasteiger partial charge in [-0.05, 0) is 43.2 Å². The Labute approximate surface area is 112 Å². The Hall–Kier alpha value is -1.48. The lowest BCUT2D eigenvalue weighted by molar-refractivity contribution is 0.340. The topological polar surface area (TPSA) is 27.1 Å². The van der Waals surface area contributed by atoms with Crippen molar-refractivity contribution in [2.45, 2.75) is 26.7 Å². The summed E-state index contributed by atoms with van der Waals surface area (Å²) in [4.78, 5) is 0. The Morgan fingerprint density at radius 3 is 2.44 bits per heavy atom. The Morgan fingerprint density at radius 2 is 1.94 bits per heavy atom. The van der Waals surface area contributed by atoms with Gasteiger partial charge in [0.1, 0.15) is 10.9 Å². The molecule has 0 bridgehead atoms. The molecule has 18 heavy (non-hydrogen) atoms. The first kappa shape index (κ1) is 13.0. The van der Waals surface area contributed by atoms with E-state index in [1.807, 2.05) is 37.3 Å². The third kappa shape index (κ3) is 2.67. The van der Waals surface area contributed by atoms with E-state index in [0.717, 1.165) is 17.1 Å². The van der Waals surface area contributed by atoms with Gasteiger partial charge in [0.05, 0.1) is 18.0 Å². The fourth-order valence-corrected chi connectivity index (χ4v) is 1.94. The van der Waals surface area contributed by atoms with Crippen molar-refractivity contribution in [3.63, 3.8) is 0 Å². The van der Waals surface area contributed by atoms with E-state index in [1.165, 1.54) is 0 Å². The number of ether oxygens (including phenoxy) is 1. The first-order valence-electron chi connectivity index (χ1n) is 6.10. The average Bonchev–Trinajstić information content (AvgIpc) is 2.73. The molecule has 96 valence electrons. The highest BCUT2D eigenvalue weighted by molar-refractivity contribution is 6.29. The van der Waals surface area contributed by atoms with Crippen LogP contribution in [0.3, 0.4) is 0 Å². The van der Waals surface area contributed by atoms with Gasteiger partial charge in [0.2, 0.25) is 0 Å². The van der Waals surface area contributed by atoms with Crippen molar-refractivity contribution < 1.29 is 4.74 Å². The van der Waals surface area contributed by atoms with Gasteiger partial charge in [-0.1, -0.05) is 25.4 Å². The van der Waals surface area contributed by atoms with Crippen LogP contribution in [0.5, 0.6) is 5.75 Å². The molecule has 1 aromatic heterocycles. The molecule has 0 N–H and O–H groups in total. The van der Waals surface area contributed by atoms with Crippen molar-refractivity contribution in [2.24, 2.45) is 0 Å². The predicted molar refractivity (Wildman–Crippen MR) is 73.8 cm³/mol. The smallest absolute Gasteiger partial charge is 0.133 e. The predicted octanol–water partition coefficient (Wildman–Crippen LogP) is 4.05. The van der Waals surface area contributed by atoms with Crippen LogP contribution in [-0.4, -0.2) is 16.4 Å². The largest absolute Gasteiger partial charge is 0.494 e. The first-order chi connectivity index (χ1) is 8.61. The molecule has 0 radical (unpaired) electrons. The second kappa shape index (κ2) is 5.44. The molecule has 0 aliphatic rings. The fraction of sp³-hybridized carbons (Fsp3) is 0.357. The van der Waals surface area contributed by atoms with Gasteiger partial charge < -0.3 is 4.74 Å². The van der Waals surface area contributed by atoms with Crippen molar-refractivity contribution in [3.8, 4) is 11.4 Å². The monoisotopic (exact) mass is 264 g/mol. The third-order valence-electron chi connectivity index (χ3n) is 2.67. The minimum Gasteiger partial charge on any atom is -0.494 e. The number of rotatable bonds is 4. The molecular weight excluding hydrogens is 248 g/mol. The second-order valence-corrected chi connectivity index (χ2v) is 4.77.